The van der Waals surface area contributed by atoms with E-state index in [2.05, 4.69) is 19.5 Å². The van der Waals surface area contributed by atoms with Gasteiger partial charge in [-0.3, -0.25) is 14.6 Å². The molecular formula is C16H14F2N4O4S. The number of sulfonamides is 1. The molecule has 8 nitrogen and oxygen atoms in total. The molecule has 0 saturated heterocycles. The van der Waals surface area contributed by atoms with Crippen LogP contribution in [-0.4, -0.2) is 29.8 Å². The smallest absolute Gasteiger partial charge is 0.387 e. The molecule has 0 aliphatic heterocycles. The number of aromatic nitrogens is 3. The van der Waals surface area contributed by atoms with E-state index in [0.29, 0.717) is 5.69 Å². The summed E-state index contributed by atoms with van der Waals surface area (Å²) >= 11 is 0. The van der Waals surface area contributed by atoms with E-state index < -0.39 is 16.6 Å². The zero-order valence-corrected chi connectivity index (χ0v) is 14.7. The standard InChI is InChI=1S/C16H14F2N4O4S/c1-10-7-15(23)22(20-10)14-6-5-11(9-19-14)21-27(24,25)13-4-2-3-12(8-13)26-16(17)18/h2-9,16,20-21H,1H3. The van der Waals surface area contributed by atoms with Gasteiger partial charge in [0.1, 0.15) is 5.75 Å². The number of hydrogen-bond donors (Lipinski definition) is 2. The quantitative estimate of drug-likeness (QED) is 0.665. The Kier molecular flexibility index (Phi) is 4.95. The summed E-state index contributed by atoms with van der Waals surface area (Å²) in [6.45, 7) is -1.35. The van der Waals surface area contributed by atoms with Crippen LogP contribution in [-0.2, 0) is 10.0 Å². The molecule has 0 radical (unpaired) electrons. The van der Waals surface area contributed by atoms with Crippen molar-refractivity contribution >= 4 is 15.7 Å². The summed E-state index contributed by atoms with van der Waals surface area (Å²) in [5.74, 6) is 0.00576. The minimum atomic E-state index is -4.04. The van der Waals surface area contributed by atoms with Gasteiger partial charge in [0, 0.05) is 17.8 Å². The monoisotopic (exact) mass is 396 g/mol. The number of alkyl halides is 2. The third-order valence-electron chi connectivity index (χ3n) is 3.42. The van der Waals surface area contributed by atoms with Crippen LogP contribution in [0.4, 0.5) is 14.5 Å². The molecule has 0 aliphatic rings. The van der Waals surface area contributed by atoms with Crippen LogP contribution in [0.3, 0.4) is 0 Å². The fourth-order valence-electron chi connectivity index (χ4n) is 2.29. The maximum atomic E-state index is 12.4. The average molecular weight is 396 g/mol. The van der Waals surface area contributed by atoms with Gasteiger partial charge in [-0.05, 0) is 31.2 Å². The fourth-order valence-corrected chi connectivity index (χ4v) is 3.37. The van der Waals surface area contributed by atoms with Crippen LogP contribution in [0.2, 0.25) is 0 Å². The third-order valence-corrected chi connectivity index (χ3v) is 4.80. The van der Waals surface area contributed by atoms with E-state index >= 15 is 0 Å². The van der Waals surface area contributed by atoms with E-state index in [1.165, 1.54) is 47.3 Å². The van der Waals surface area contributed by atoms with E-state index in [4.69, 9.17) is 0 Å². The molecule has 142 valence electrons. The minimum absolute atomic E-state index is 0.134. The molecule has 0 amide bonds. The molecule has 0 unspecified atom stereocenters. The number of rotatable bonds is 6. The molecule has 2 heterocycles. The lowest BCUT2D eigenvalue weighted by Gasteiger charge is -2.10. The summed E-state index contributed by atoms with van der Waals surface area (Å²) in [7, 11) is -4.04. The number of aromatic amines is 1. The summed E-state index contributed by atoms with van der Waals surface area (Å²) in [4.78, 5) is 15.6. The van der Waals surface area contributed by atoms with Gasteiger partial charge in [0.2, 0.25) is 0 Å². The lowest BCUT2D eigenvalue weighted by molar-refractivity contribution is -0.0499. The van der Waals surface area contributed by atoms with Gasteiger partial charge in [-0.2, -0.15) is 8.78 Å². The number of anilines is 1. The van der Waals surface area contributed by atoms with Crippen LogP contribution in [0.5, 0.6) is 5.75 Å². The molecule has 1 aromatic carbocycles. The maximum Gasteiger partial charge on any atom is 0.387 e. The highest BCUT2D eigenvalue weighted by Crippen LogP contribution is 2.21. The van der Waals surface area contributed by atoms with Gasteiger partial charge in [0.25, 0.3) is 15.6 Å². The van der Waals surface area contributed by atoms with Gasteiger partial charge >= 0.3 is 6.61 Å². The van der Waals surface area contributed by atoms with Gasteiger partial charge in [0.05, 0.1) is 16.8 Å². The number of pyridine rings is 1. The Morgan fingerprint density at radius 2 is 2.00 bits per heavy atom. The summed E-state index contributed by atoms with van der Waals surface area (Å²) in [5.41, 5.74) is 0.483. The summed E-state index contributed by atoms with van der Waals surface area (Å²) in [5, 5.41) is 2.80. The summed E-state index contributed by atoms with van der Waals surface area (Å²) < 4.78 is 57.1. The van der Waals surface area contributed by atoms with Crippen LogP contribution in [0.15, 0.2) is 58.4 Å². The van der Waals surface area contributed by atoms with Crippen molar-refractivity contribution in [3.8, 4) is 11.6 Å². The van der Waals surface area contributed by atoms with Crippen molar-refractivity contribution in [2.75, 3.05) is 4.72 Å². The molecule has 0 atom stereocenters. The highest BCUT2D eigenvalue weighted by atomic mass is 32.2. The third kappa shape index (κ3) is 4.31. The zero-order chi connectivity index (χ0) is 19.6. The number of halogens is 2. The number of hydrogen-bond acceptors (Lipinski definition) is 5. The number of aryl methyl sites for hydroxylation is 1. The molecule has 2 aromatic heterocycles. The number of nitrogens with one attached hydrogen (secondary N) is 2. The first-order valence-electron chi connectivity index (χ1n) is 7.57. The van der Waals surface area contributed by atoms with E-state index in [1.807, 2.05) is 0 Å². The Hall–Kier alpha value is -3.21. The van der Waals surface area contributed by atoms with Gasteiger partial charge in [-0.25, -0.2) is 18.1 Å². The highest BCUT2D eigenvalue weighted by molar-refractivity contribution is 7.92. The molecule has 0 saturated carbocycles. The average Bonchev–Trinajstić information content (AvgIpc) is 2.93. The number of H-pyrrole nitrogens is 1. The first-order valence-corrected chi connectivity index (χ1v) is 9.06. The van der Waals surface area contributed by atoms with Gasteiger partial charge in [-0.15, -0.1) is 0 Å². The second-order valence-corrected chi connectivity index (χ2v) is 7.16. The van der Waals surface area contributed by atoms with Crippen molar-refractivity contribution in [1.29, 1.82) is 0 Å². The van der Waals surface area contributed by atoms with Crippen LogP contribution in [0.25, 0.3) is 5.82 Å². The molecule has 2 N–H and O–H groups in total. The van der Waals surface area contributed by atoms with Crippen LogP contribution < -0.4 is 15.0 Å². The normalized spacial score (nSPS) is 11.6. The maximum absolute atomic E-state index is 12.4. The SMILES string of the molecule is Cc1cc(=O)n(-c2ccc(NS(=O)(=O)c3cccc(OC(F)F)c3)cn2)[nH]1. The predicted molar refractivity (Wildman–Crippen MR) is 92.8 cm³/mol. The Bertz CT molecular complexity index is 1110. The number of nitrogens with zero attached hydrogens (tertiary/aromatic N) is 2. The van der Waals surface area contributed by atoms with Crippen LogP contribution >= 0.6 is 0 Å². The van der Waals surface area contributed by atoms with Crippen LogP contribution in [0.1, 0.15) is 5.69 Å². The van der Waals surface area contributed by atoms with E-state index in [0.717, 1.165) is 6.07 Å². The van der Waals surface area contributed by atoms with Crippen molar-refractivity contribution in [3.05, 3.63) is 64.7 Å². The molecule has 0 aliphatic carbocycles. The molecule has 3 rings (SSSR count). The van der Waals surface area contributed by atoms with Crippen LogP contribution in [0, 0.1) is 6.92 Å². The molecule has 3 aromatic rings. The van der Waals surface area contributed by atoms with Crippen molar-refractivity contribution < 1.29 is 21.9 Å². The van der Waals surface area contributed by atoms with Crippen molar-refractivity contribution in [2.45, 2.75) is 18.4 Å². The molecule has 27 heavy (non-hydrogen) atoms. The van der Waals surface area contributed by atoms with Crippen molar-refractivity contribution in [2.24, 2.45) is 0 Å². The Balaban J connectivity index is 1.82. The minimum Gasteiger partial charge on any atom is -0.435 e. The number of ether oxygens (including phenoxy) is 1. The van der Waals surface area contributed by atoms with E-state index in [1.54, 1.807) is 6.92 Å². The summed E-state index contributed by atoms with van der Waals surface area (Å²) in [6, 6.07) is 8.99. The molecule has 0 bridgehead atoms. The Morgan fingerprint density at radius 3 is 2.59 bits per heavy atom. The zero-order valence-electron chi connectivity index (χ0n) is 13.9. The lowest BCUT2D eigenvalue weighted by atomic mass is 10.3. The van der Waals surface area contributed by atoms with Crippen molar-refractivity contribution in [1.82, 2.24) is 14.8 Å². The van der Waals surface area contributed by atoms with E-state index in [-0.39, 0.29) is 27.7 Å². The summed E-state index contributed by atoms with van der Waals surface area (Å²) in [6.07, 6.45) is 1.23. The largest absolute Gasteiger partial charge is 0.435 e. The molecule has 0 fully saturated rings. The fraction of sp³-hybridized carbons (Fsp3) is 0.125. The predicted octanol–water partition coefficient (Wildman–Crippen LogP) is 2.27. The van der Waals surface area contributed by atoms with Crippen molar-refractivity contribution in [3.63, 3.8) is 0 Å². The second-order valence-electron chi connectivity index (χ2n) is 5.48. The topological polar surface area (TPSA) is 106 Å². The highest BCUT2D eigenvalue weighted by Gasteiger charge is 2.16. The molecular weight excluding hydrogens is 382 g/mol. The lowest BCUT2D eigenvalue weighted by Crippen LogP contribution is -2.16. The van der Waals surface area contributed by atoms with E-state index in [9.17, 15) is 22.0 Å². The molecule has 11 heteroatoms. The first-order chi connectivity index (χ1) is 12.7. The van der Waals surface area contributed by atoms with Gasteiger partial charge in [-0.1, -0.05) is 6.07 Å². The van der Waals surface area contributed by atoms with Gasteiger partial charge < -0.3 is 4.74 Å². The molecule has 0 spiro atoms. The second kappa shape index (κ2) is 7.19. The number of benzene rings is 1. The Labute approximate surface area is 152 Å². The first kappa shape index (κ1) is 18.6. The van der Waals surface area contributed by atoms with Gasteiger partial charge in [0.15, 0.2) is 5.82 Å². The Morgan fingerprint density at radius 1 is 1.22 bits per heavy atom.